The van der Waals surface area contributed by atoms with Crippen LogP contribution in [0.4, 0.5) is 4.39 Å². The van der Waals surface area contributed by atoms with Gasteiger partial charge >= 0.3 is 0 Å². The molecule has 3 heteroatoms. The topological polar surface area (TPSA) is 35.2 Å². The summed E-state index contributed by atoms with van der Waals surface area (Å²) in [6.45, 7) is 1.22. The highest BCUT2D eigenvalue weighted by atomic mass is 19.1. The Bertz CT molecular complexity index is 438. The van der Waals surface area contributed by atoms with Gasteiger partial charge in [0.15, 0.2) is 0 Å². The van der Waals surface area contributed by atoms with E-state index in [0.29, 0.717) is 13.2 Å². The van der Waals surface area contributed by atoms with Crippen molar-refractivity contribution in [2.45, 2.75) is 37.5 Å². The monoisotopic (exact) mass is 235 g/mol. The summed E-state index contributed by atoms with van der Waals surface area (Å²) in [5.74, 6) is 0.578. The molecule has 0 unspecified atom stereocenters. The van der Waals surface area contributed by atoms with Crippen molar-refractivity contribution >= 4 is 0 Å². The molecule has 2 N–H and O–H groups in total. The van der Waals surface area contributed by atoms with Gasteiger partial charge in [-0.05, 0) is 30.0 Å². The minimum absolute atomic E-state index is 0.123. The predicted molar refractivity (Wildman–Crippen MR) is 64.8 cm³/mol. The fourth-order valence-corrected chi connectivity index (χ4v) is 3.24. The second-order valence-corrected chi connectivity index (χ2v) is 5.23. The zero-order chi connectivity index (χ0) is 11.9. The largest absolute Gasteiger partial charge is 0.493 e. The predicted octanol–water partition coefficient (Wildman–Crippen LogP) is 2.53. The number of nitrogens with two attached hydrogens (primary N) is 1. The number of halogens is 1. The highest BCUT2D eigenvalue weighted by molar-refractivity contribution is 5.44. The third-order valence-electron chi connectivity index (χ3n) is 4.30. The Morgan fingerprint density at radius 2 is 2.06 bits per heavy atom. The molecule has 2 nitrogen and oxygen atoms in total. The third kappa shape index (κ3) is 1.64. The van der Waals surface area contributed by atoms with Gasteiger partial charge in [0.05, 0.1) is 6.61 Å². The Balaban J connectivity index is 2.07. The Morgan fingerprint density at radius 1 is 1.29 bits per heavy atom. The van der Waals surface area contributed by atoms with Crippen molar-refractivity contribution in [3.63, 3.8) is 0 Å². The summed E-state index contributed by atoms with van der Waals surface area (Å²) in [6, 6.07) is 3.54. The SMILES string of the molecule is NCC1(c2cc3c(cc2F)OCC3)CCCC1. The Morgan fingerprint density at radius 3 is 2.76 bits per heavy atom. The van der Waals surface area contributed by atoms with E-state index in [1.807, 2.05) is 6.07 Å². The normalized spacial score (nSPS) is 21.3. The molecule has 0 amide bonds. The average Bonchev–Trinajstić information content (AvgIpc) is 2.95. The minimum atomic E-state index is -0.141. The molecule has 0 radical (unpaired) electrons. The van der Waals surface area contributed by atoms with Gasteiger partial charge in [-0.15, -0.1) is 0 Å². The highest BCUT2D eigenvalue weighted by Gasteiger charge is 2.37. The van der Waals surface area contributed by atoms with Crippen LogP contribution in [0.15, 0.2) is 12.1 Å². The molecule has 92 valence electrons. The maximum Gasteiger partial charge on any atom is 0.130 e. The summed E-state index contributed by atoms with van der Waals surface area (Å²) in [5.41, 5.74) is 7.75. The lowest BCUT2D eigenvalue weighted by Crippen LogP contribution is -2.33. The van der Waals surface area contributed by atoms with Gasteiger partial charge in [-0.1, -0.05) is 12.8 Å². The van der Waals surface area contributed by atoms with Crippen LogP contribution in [0.1, 0.15) is 36.8 Å². The van der Waals surface area contributed by atoms with E-state index in [1.54, 1.807) is 6.07 Å². The van der Waals surface area contributed by atoms with Crippen molar-refractivity contribution in [2.24, 2.45) is 5.73 Å². The number of rotatable bonds is 2. The Hall–Kier alpha value is -1.09. The van der Waals surface area contributed by atoms with E-state index in [4.69, 9.17) is 10.5 Å². The highest BCUT2D eigenvalue weighted by Crippen LogP contribution is 2.43. The first-order valence-corrected chi connectivity index (χ1v) is 6.41. The maximum absolute atomic E-state index is 14.2. The first kappa shape index (κ1) is 11.0. The molecule has 0 bridgehead atoms. The number of benzene rings is 1. The molecule has 0 spiro atoms. The standard InChI is InChI=1S/C14H18FNO/c15-12-8-13-10(3-6-17-13)7-11(12)14(9-16)4-1-2-5-14/h7-8H,1-6,9,16H2. The van der Waals surface area contributed by atoms with Crippen LogP contribution in [-0.4, -0.2) is 13.2 Å². The van der Waals surface area contributed by atoms with E-state index < -0.39 is 0 Å². The summed E-state index contributed by atoms with van der Waals surface area (Å²) in [4.78, 5) is 0. The van der Waals surface area contributed by atoms with Gasteiger partial charge < -0.3 is 10.5 Å². The van der Waals surface area contributed by atoms with E-state index in [-0.39, 0.29) is 11.2 Å². The second kappa shape index (κ2) is 3.98. The molecule has 1 aromatic carbocycles. The number of fused-ring (bicyclic) bond motifs is 1. The lowest BCUT2D eigenvalue weighted by molar-refractivity contribution is 0.354. The molecular weight excluding hydrogens is 217 g/mol. The number of hydrogen-bond acceptors (Lipinski definition) is 2. The van der Waals surface area contributed by atoms with Crippen molar-refractivity contribution in [2.75, 3.05) is 13.2 Å². The second-order valence-electron chi connectivity index (χ2n) is 5.23. The van der Waals surface area contributed by atoms with Gasteiger partial charge in [0, 0.05) is 24.4 Å². The van der Waals surface area contributed by atoms with Gasteiger partial charge in [-0.25, -0.2) is 4.39 Å². The lowest BCUT2D eigenvalue weighted by Gasteiger charge is -2.28. The summed E-state index contributed by atoms with van der Waals surface area (Å²) in [7, 11) is 0. The quantitative estimate of drug-likeness (QED) is 0.855. The van der Waals surface area contributed by atoms with Crippen molar-refractivity contribution in [3.05, 3.63) is 29.1 Å². The average molecular weight is 235 g/mol. The van der Waals surface area contributed by atoms with Crippen LogP contribution in [0, 0.1) is 5.82 Å². The molecule has 3 rings (SSSR count). The van der Waals surface area contributed by atoms with E-state index in [1.165, 1.54) is 0 Å². The van der Waals surface area contributed by atoms with Crippen molar-refractivity contribution in [3.8, 4) is 5.75 Å². The van der Waals surface area contributed by atoms with E-state index in [0.717, 1.165) is 49.0 Å². The van der Waals surface area contributed by atoms with Crippen LogP contribution in [0.2, 0.25) is 0 Å². The van der Waals surface area contributed by atoms with Gasteiger partial charge in [0.1, 0.15) is 11.6 Å². The minimum Gasteiger partial charge on any atom is -0.493 e. The molecular formula is C14H18FNO. The van der Waals surface area contributed by atoms with Crippen LogP contribution >= 0.6 is 0 Å². The van der Waals surface area contributed by atoms with E-state index in [2.05, 4.69) is 0 Å². The maximum atomic E-state index is 14.2. The molecule has 1 fully saturated rings. The summed E-state index contributed by atoms with van der Waals surface area (Å²) >= 11 is 0. The first-order valence-electron chi connectivity index (χ1n) is 6.41. The summed E-state index contributed by atoms with van der Waals surface area (Å²) in [6.07, 6.45) is 5.23. The van der Waals surface area contributed by atoms with Crippen molar-refractivity contribution in [1.29, 1.82) is 0 Å². The Kier molecular flexibility index (Phi) is 2.58. The summed E-state index contributed by atoms with van der Waals surface area (Å²) < 4.78 is 19.6. The smallest absolute Gasteiger partial charge is 0.130 e. The molecule has 1 saturated carbocycles. The lowest BCUT2D eigenvalue weighted by atomic mass is 9.78. The molecule has 1 aliphatic heterocycles. The van der Waals surface area contributed by atoms with Gasteiger partial charge in [-0.2, -0.15) is 0 Å². The van der Waals surface area contributed by atoms with Crippen LogP contribution in [0.25, 0.3) is 0 Å². The van der Waals surface area contributed by atoms with Crippen LogP contribution in [0.3, 0.4) is 0 Å². The molecule has 0 atom stereocenters. The molecule has 17 heavy (non-hydrogen) atoms. The van der Waals surface area contributed by atoms with Crippen LogP contribution in [0.5, 0.6) is 5.75 Å². The third-order valence-corrected chi connectivity index (χ3v) is 4.30. The number of hydrogen-bond donors (Lipinski definition) is 1. The zero-order valence-electron chi connectivity index (χ0n) is 9.97. The molecule has 0 saturated heterocycles. The fourth-order valence-electron chi connectivity index (χ4n) is 3.24. The van der Waals surface area contributed by atoms with Gasteiger partial charge in [0.25, 0.3) is 0 Å². The molecule has 2 aliphatic rings. The van der Waals surface area contributed by atoms with E-state index >= 15 is 0 Å². The fraction of sp³-hybridized carbons (Fsp3) is 0.571. The molecule has 1 heterocycles. The first-order chi connectivity index (χ1) is 8.25. The Labute approximate surface area is 101 Å². The summed E-state index contributed by atoms with van der Waals surface area (Å²) in [5, 5.41) is 0. The molecule has 1 aliphatic carbocycles. The van der Waals surface area contributed by atoms with Crippen molar-refractivity contribution < 1.29 is 9.13 Å². The van der Waals surface area contributed by atoms with Crippen LogP contribution in [-0.2, 0) is 11.8 Å². The zero-order valence-corrected chi connectivity index (χ0v) is 9.97. The van der Waals surface area contributed by atoms with Crippen molar-refractivity contribution in [1.82, 2.24) is 0 Å². The molecule has 1 aromatic rings. The van der Waals surface area contributed by atoms with Gasteiger partial charge in [0.2, 0.25) is 0 Å². The number of ether oxygens (including phenoxy) is 1. The van der Waals surface area contributed by atoms with E-state index in [9.17, 15) is 4.39 Å². The molecule has 0 aromatic heterocycles. The van der Waals surface area contributed by atoms with Crippen LogP contribution < -0.4 is 10.5 Å². The van der Waals surface area contributed by atoms with Gasteiger partial charge in [-0.3, -0.25) is 0 Å².